The van der Waals surface area contributed by atoms with Crippen LogP contribution >= 0.6 is 0 Å². The van der Waals surface area contributed by atoms with Crippen LogP contribution < -0.4 is 0 Å². The summed E-state index contributed by atoms with van der Waals surface area (Å²) in [6.07, 6.45) is 3.71. The number of fused-ring (bicyclic) bond motifs is 2. The van der Waals surface area contributed by atoms with Crippen molar-refractivity contribution >= 4 is 22.9 Å². The lowest BCUT2D eigenvalue weighted by atomic mass is 9.80. The van der Waals surface area contributed by atoms with Crippen LogP contribution in [-0.2, 0) is 4.79 Å². The van der Waals surface area contributed by atoms with Crippen molar-refractivity contribution in [3.05, 3.63) is 35.7 Å². The van der Waals surface area contributed by atoms with E-state index in [-0.39, 0.29) is 35.1 Å². The Morgan fingerprint density at radius 3 is 2.68 bits per heavy atom. The number of azo groups is 1. The van der Waals surface area contributed by atoms with Crippen molar-refractivity contribution in [3.8, 4) is 0 Å². The summed E-state index contributed by atoms with van der Waals surface area (Å²) in [5.74, 6) is -0.248. The summed E-state index contributed by atoms with van der Waals surface area (Å²) >= 11 is 0. The third kappa shape index (κ3) is 2.03. The van der Waals surface area contributed by atoms with Crippen LogP contribution in [0.1, 0.15) is 25.7 Å². The molecule has 1 fully saturated rings. The molecule has 1 N–H and O–H groups in total. The summed E-state index contributed by atoms with van der Waals surface area (Å²) in [6, 6.07) is 7.38. The lowest BCUT2D eigenvalue weighted by Gasteiger charge is -2.23. The van der Waals surface area contributed by atoms with Gasteiger partial charge in [-0.25, -0.2) is 0 Å². The van der Waals surface area contributed by atoms with E-state index >= 15 is 0 Å². The highest BCUT2D eigenvalue weighted by Crippen LogP contribution is 2.43. The molecule has 6 nitrogen and oxygen atoms in total. The van der Waals surface area contributed by atoms with E-state index < -0.39 is 0 Å². The number of hydrogen-bond acceptors (Lipinski definition) is 6. The second-order valence-electron chi connectivity index (χ2n) is 5.76. The van der Waals surface area contributed by atoms with Crippen molar-refractivity contribution in [2.24, 2.45) is 22.1 Å². The molecule has 0 bridgehead atoms. The fourth-order valence-electron chi connectivity index (χ4n) is 3.35. The Labute approximate surface area is 126 Å². The molecule has 0 aliphatic heterocycles. The minimum atomic E-state index is -0.133. The van der Waals surface area contributed by atoms with Crippen molar-refractivity contribution in [2.45, 2.75) is 25.7 Å². The number of ketones is 1. The van der Waals surface area contributed by atoms with Crippen LogP contribution in [0.3, 0.4) is 0 Å². The van der Waals surface area contributed by atoms with E-state index in [2.05, 4.69) is 15.2 Å². The average Bonchev–Trinajstić information content (AvgIpc) is 3.06. The first-order valence-electron chi connectivity index (χ1n) is 7.48. The van der Waals surface area contributed by atoms with Crippen LogP contribution in [0, 0.1) is 11.8 Å². The zero-order valence-corrected chi connectivity index (χ0v) is 11.9. The molecule has 1 heterocycles. The SMILES string of the molecule is O=C1C(N=Nc2nc3ccccc3o2)=C(O)C2CCCCC12. The van der Waals surface area contributed by atoms with Crippen LogP contribution in [0.4, 0.5) is 6.01 Å². The summed E-state index contributed by atoms with van der Waals surface area (Å²) in [5.41, 5.74) is 1.36. The molecule has 0 saturated heterocycles. The maximum atomic E-state index is 12.3. The van der Waals surface area contributed by atoms with Gasteiger partial charge >= 0.3 is 6.01 Å². The minimum Gasteiger partial charge on any atom is -0.510 e. The number of carbonyl (C=O) groups excluding carboxylic acids is 1. The van der Waals surface area contributed by atoms with Gasteiger partial charge in [0, 0.05) is 11.8 Å². The molecule has 2 aliphatic rings. The summed E-state index contributed by atoms with van der Waals surface area (Å²) in [6.45, 7) is 0. The molecule has 0 radical (unpaired) electrons. The second-order valence-corrected chi connectivity index (χ2v) is 5.76. The van der Waals surface area contributed by atoms with Crippen molar-refractivity contribution < 1.29 is 14.3 Å². The molecule has 2 atom stereocenters. The number of nitrogens with zero attached hydrogens (tertiary/aromatic N) is 3. The number of aliphatic hydroxyl groups is 1. The molecule has 2 unspecified atom stereocenters. The predicted octanol–water partition coefficient (Wildman–Crippen LogP) is 4.07. The molecule has 22 heavy (non-hydrogen) atoms. The Kier molecular flexibility index (Phi) is 3.03. The number of oxazole rings is 1. The number of rotatable bonds is 2. The van der Waals surface area contributed by atoms with Crippen LogP contribution in [0.15, 0.2) is 50.4 Å². The first kappa shape index (κ1) is 13.2. The number of para-hydroxylation sites is 2. The van der Waals surface area contributed by atoms with E-state index in [0.717, 1.165) is 25.7 Å². The van der Waals surface area contributed by atoms with Gasteiger partial charge in [0.15, 0.2) is 17.1 Å². The molecule has 4 rings (SSSR count). The topological polar surface area (TPSA) is 88.0 Å². The Morgan fingerprint density at radius 1 is 1.14 bits per heavy atom. The lowest BCUT2D eigenvalue weighted by Crippen LogP contribution is -2.21. The molecule has 2 aromatic rings. The molecule has 0 spiro atoms. The van der Waals surface area contributed by atoms with Crippen LogP contribution in [0.5, 0.6) is 0 Å². The Bertz CT molecular complexity index is 773. The number of Topliss-reactive ketones (excluding diaryl/α,β-unsaturated/α-hetero) is 1. The van der Waals surface area contributed by atoms with E-state index in [4.69, 9.17) is 4.42 Å². The molecule has 0 amide bonds. The zero-order chi connectivity index (χ0) is 15.1. The normalized spacial score (nSPS) is 25.4. The quantitative estimate of drug-likeness (QED) is 0.846. The lowest BCUT2D eigenvalue weighted by molar-refractivity contribution is -0.120. The molecular formula is C16H15N3O3. The monoisotopic (exact) mass is 297 g/mol. The maximum absolute atomic E-state index is 12.3. The summed E-state index contributed by atoms with van der Waals surface area (Å²) in [7, 11) is 0. The van der Waals surface area contributed by atoms with Gasteiger partial charge in [0.25, 0.3) is 0 Å². The number of aliphatic hydroxyl groups excluding tert-OH is 1. The van der Waals surface area contributed by atoms with Gasteiger partial charge in [0.1, 0.15) is 11.3 Å². The van der Waals surface area contributed by atoms with Crippen LogP contribution in [0.2, 0.25) is 0 Å². The fraction of sp³-hybridized carbons (Fsp3) is 0.375. The zero-order valence-electron chi connectivity index (χ0n) is 11.9. The fourth-order valence-corrected chi connectivity index (χ4v) is 3.35. The Morgan fingerprint density at radius 2 is 1.91 bits per heavy atom. The van der Waals surface area contributed by atoms with E-state index in [1.165, 1.54) is 0 Å². The largest absolute Gasteiger partial charge is 0.510 e. The Hall–Kier alpha value is -2.50. The highest BCUT2D eigenvalue weighted by Gasteiger charge is 2.43. The molecule has 6 heteroatoms. The standard InChI is InChI=1S/C16H15N3O3/c20-14-9-5-1-2-6-10(9)15(21)13(14)18-19-16-17-11-7-3-4-8-12(11)22-16/h3-4,7-10,20H,1-2,5-6H2. The molecule has 2 aliphatic carbocycles. The molecule has 112 valence electrons. The molecule has 1 aromatic heterocycles. The predicted molar refractivity (Wildman–Crippen MR) is 78.6 cm³/mol. The van der Waals surface area contributed by atoms with Gasteiger partial charge in [-0.15, -0.1) is 5.11 Å². The Balaban J connectivity index is 1.64. The second kappa shape index (κ2) is 5.05. The number of benzene rings is 1. The maximum Gasteiger partial charge on any atom is 0.341 e. The van der Waals surface area contributed by atoms with E-state index in [1.807, 2.05) is 18.2 Å². The van der Waals surface area contributed by atoms with E-state index in [1.54, 1.807) is 6.07 Å². The van der Waals surface area contributed by atoms with Crippen molar-refractivity contribution in [2.75, 3.05) is 0 Å². The number of hydrogen-bond donors (Lipinski definition) is 1. The van der Waals surface area contributed by atoms with Gasteiger partial charge in [-0.05, 0) is 25.0 Å². The van der Waals surface area contributed by atoms with E-state index in [9.17, 15) is 9.90 Å². The number of carbonyl (C=O) groups is 1. The van der Waals surface area contributed by atoms with E-state index in [0.29, 0.717) is 11.1 Å². The van der Waals surface area contributed by atoms with Crippen molar-refractivity contribution in [3.63, 3.8) is 0 Å². The molecule has 1 aromatic carbocycles. The highest BCUT2D eigenvalue weighted by atomic mass is 16.4. The number of aromatic nitrogens is 1. The van der Waals surface area contributed by atoms with Gasteiger partial charge in [-0.2, -0.15) is 4.98 Å². The van der Waals surface area contributed by atoms with Gasteiger partial charge in [-0.1, -0.05) is 30.1 Å². The van der Waals surface area contributed by atoms with Gasteiger partial charge in [0.2, 0.25) is 0 Å². The van der Waals surface area contributed by atoms with Gasteiger partial charge in [-0.3, -0.25) is 4.79 Å². The summed E-state index contributed by atoms with van der Waals surface area (Å²) in [5, 5.41) is 18.0. The van der Waals surface area contributed by atoms with Crippen LogP contribution in [-0.4, -0.2) is 15.9 Å². The van der Waals surface area contributed by atoms with Gasteiger partial charge in [0.05, 0.1) is 0 Å². The number of allylic oxidation sites excluding steroid dienone is 2. The molecule has 1 saturated carbocycles. The third-order valence-corrected chi connectivity index (χ3v) is 4.45. The first-order valence-corrected chi connectivity index (χ1v) is 7.48. The van der Waals surface area contributed by atoms with Crippen LogP contribution in [0.25, 0.3) is 11.1 Å². The van der Waals surface area contributed by atoms with Gasteiger partial charge < -0.3 is 9.52 Å². The minimum absolute atomic E-state index is 0.0687. The first-order chi connectivity index (χ1) is 10.7. The summed E-state index contributed by atoms with van der Waals surface area (Å²) in [4.78, 5) is 16.5. The van der Waals surface area contributed by atoms with Crippen molar-refractivity contribution in [1.29, 1.82) is 0 Å². The average molecular weight is 297 g/mol. The molecular weight excluding hydrogens is 282 g/mol. The third-order valence-electron chi connectivity index (χ3n) is 4.45. The summed E-state index contributed by atoms with van der Waals surface area (Å²) < 4.78 is 5.43. The highest BCUT2D eigenvalue weighted by molar-refractivity contribution is 6.00. The smallest absolute Gasteiger partial charge is 0.341 e. The van der Waals surface area contributed by atoms with Crippen molar-refractivity contribution in [1.82, 2.24) is 4.98 Å².